The van der Waals surface area contributed by atoms with Crippen molar-refractivity contribution in [1.29, 1.82) is 0 Å². The number of nitrogens with zero attached hydrogens (tertiary/aromatic N) is 2. The zero-order valence-corrected chi connectivity index (χ0v) is 20.7. The molecular weight excluding hydrogens is 444 g/mol. The lowest BCUT2D eigenvalue weighted by Crippen LogP contribution is -2.12. The third-order valence-corrected chi connectivity index (χ3v) is 7.96. The van der Waals surface area contributed by atoms with Crippen molar-refractivity contribution >= 4 is 16.9 Å². The molecular formula is C32H32N2O2. The minimum atomic E-state index is -0.212. The Balaban J connectivity index is 1.23. The van der Waals surface area contributed by atoms with E-state index >= 15 is 0 Å². The fourth-order valence-electron chi connectivity index (χ4n) is 5.24. The Morgan fingerprint density at radius 3 is 2.50 bits per heavy atom. The van der Waals surface area contributed by atoms with Crippen molar-refractivity contribution in [3.05, 3.63) is 89.4 Å². The molecule has 3 aliphatic rings. The number of pyridine rings is 1. The van der Waals surface area contributed by atoms with Gasteiger partial charge >= 0.3 is 5.97 Å². The van der Waals surface area contributed by atoms with Crippen LogP contribution in [0.3, 0.4) is 0 Å². The quantitative estimate of drug-likeness (QED) is 0.241. The molecule has 3 saturated carbocycles. The summed E-state index contributed by atoms with van der Waals surface area (Å²) in [5.41, 5.74) is 7.64. The standard InChI is InChI=1S/C32H32N2O2/c35-32(36-20-22-8-9-22)28-16-26(24-11-12-24)17-33-30(28)14-23-10-13-27-29(25-4-2-1-3-5-25)19-34(31(27)15-23)18-21-6-7-21/h1-5,10,13,15-17,19,21-22,24H,6-9,11-12,14,18,20H2. The summed E-state index contributed by atoms with van der Waals surface area (Å²) in [4.78, 5) is 17.9. The molecule has 0 amide bonds. The maximum absolute atomic E-state index is 13.1. The van der Waals surface area contributed by atoms with Crippen LogP contribution in [-0.2, 0) is 17.7 Å². The van der Waals surface area contributed by atoms with Gasteiger partial charge in [0, 0.05) is 41.8 Å². The normalized spacial score (nSPS) is 17.4. The van der Waals surface area contributed by atoms with Crippen molar-refractivity contribution in [3.8, 4) is 11.1 Å². The zero-order valence-electron chi connectivity index (χ0n) is 20.7. The summed E-state index contributed by atoms with van der Waals surface area (Å²) in [5, 5.41) is 1.28. The molecule has 0 radical (unpaired) electrons. The van der Waals surface area contributed by atoms with Gasteiger partial charge in [-0.1, -0.05) is 42.5 Å². The van der Waals surface area contributed by atoms with Crippen LogP contribution >= 0.6 is 0 Å². The van der Waals surface area contributed by atoms with Gasteiger partial charge in [-0.3, -0.25) is 4.98 Å². The van der Waals surface area contributed by atoms with Crippen LogP contribution in [0, 0.1) is 11.8 Å². The zero-order chi connectivity index (χ0) is 24.1. The Morgan fingerprint density at radius 1 is 0.944 bits per heavy atom. The SMILES string of the molecule is O=C(OCC1CC1)c1cc(C2CC2)cnc1Cc1ccc2c(-c3ccccc3)cn(CC3CC3)c2c1. The highest BCUT2D eigenvalue weighted by Gasteiger charge is 2.28. The van der Waals surface area contributed by atoms with E-state index in [0.29, 0.717) is 30.4 Å². The minimum absolute atomic E-state index is 0.212. The summed E-state index contributed by atoms with van der Waals surface area (Å²) >= 11 is 0. The number of hydrogen-bond acceptors (Lipinski definition) is 3. The molecule has 3 aliphatic carbocycles. The second kappa shape index (κ2) is 8.92. The number of carbonyl (C=O) groups is 1. The summed E-state index contributed by atoms with van der Waals surface area (Å²) in [6.07, 6.45) is 12.3. The lowest BCUT2D eigenvalue weighted by molar-refractivity contribution is 0.0484. The molecule has 3 fully saturated rings. The monoisotopic (exact) mass is 476 g/mol. The van der Waals surface area contributed by atoms with Gasteiger partial charge in [0.15, 0.2) is 0 Å². The fraction of sp³-hybridized carbons (Fsp3) is 0.375. The Labute approximate surface area is 212 Å². The highest BCUT2D eigenvalue weighted by atomic mass is 16.5. The summed E-state index contributed by atoms with van der Waals surface area (Å²) < 4.78 is 8.13. The number of ether oxygens (including phenoxy) is 1. The Bertz CT molecular complexity index is 1430. The van der Waals surface area contributed by atoms with Crippen LogP contribution in [0.15, 0.2) is 67.0 Å². The molecule has 4 aromatic rings. The van der Waals surface area contributed by atoms with Gasteiger partial charge in [-0.25, -0.2) is 4.79 Å². The number of aromatic nitrogens is 2. The minimum Gasteiger partial charge on any atom is -0.462 e. The van der Waals surface area contributed by atoms with Crippen LogP contribution in [0.1, 0.15) is 71.6 Å². The summed E-state index contributed by atoms with van der Waals surface area (Å²) in [6, 6.07) is 19.5. The molecule has 2 heterocycles. The molecule has 0 N–H and O–H groups in total. The smallest absolute Gasteiger partial charge is 0.340 e. The van der Waals surface area contributed by atoms with Gasteiger partial charge in [0.1, 0.15) is 0 Å². The number of esters is 1. The summed E-state index contributed by atoms with van der Waals surface area (Å²) in [7, 11) is 0. The second-order valence-electron chi connectivity index (χ2n) is 11.1. The van der Waals surface area contributed by atoms with Crippen molar-refractivity contribution < 1.29 is 9.53 Å². The number of fused-ring (bicyclic) bond motifs is 1. The Hall–Kier alpha value is -3.40. The highest BCUT2D eigenvalue weighted by Crippen LogP contribution is 2.41. The van der Waals surface area contributed by atoms with Gasteiger partial charge in [-0.15, -0.1) is 0 Å². The second-order valence-corrected chi connectivity index (χ2v) is 11.1. The molecule has 0 bridgehead atoms. The number of carbonyl (C=O) groups excluding carboxylic acids is 1. The molecule has 182 valence electrons. The highest BCUT2D eigenvalue weighted by molar-refractivity contribution is 5.96. The first-order valence-electron chi connectivity index (χ1n) is 13.5. The molecule has 36 heavy (non-hydrogen) atoms. The van der Waals surface area contributed by atoms with E-state index in [-0.39, 0.29) is 5.97 Å². The molecule has 0 atom stereocenters. The van der Waals surface area contributed by atoms with Gasteiger partial charge in [-0.2, -0.15) is 0 Å². The third-order valence-electron chi connectivity index (χ3n) is 7.96. The van der Waals surface area contributed by atoms with Crippen molar-refractivity contribution in [1.82, 2.24) is 9.55 Å². The molecule has 2 aromatic heterocycles. The Kier molecular flexibility index (Phi) is 5.41. The summed E-state index contributed by atoms with van der Waals surface area (Å²) in [5.74, 6) is 1.69. The molecule has 4 heteroatoms. The van der Waals surface area contributed by atoms with Crippen LogP contribution in [0.5, 0.6) is 0 Å². The van der Waals surface area contributed by atoms with Gasteiger partial charge < -0.3 is 9.30 Å². The number of hydrogen-bond donors (Lipinski definition) is 0. The molecule has 0 saturated heterocycles. The topological polar surface area (TPSA) is 44.1 Å². The van der Waals surface area contributed by atoms with Gasteiger partial charge in [0.2, 0.25) is 0 Å². The van der Waals surface area contributed by atoms with Crippen molar-refractivity contribution in [2.24, 2.45) is 11.8 Å². The molecule has 0 unspecified atom stereocenters. The van der Waals surface area contributed by atoms with E-state index in [0.717, 1.165) is 18.2 Å². The van der Waals surface area contributed by atoms with E-state index in [9.17, 15) is 4.79 Å². The largest absolute Gasteiger partial charge is 0.462 e. The first kappa shape index (κ1) is 21.8. The maximum Gasteiger partial charge on any atom is 0.340 e. The van der Waals surface area contributed by atoms with Crippen LogP contribution in [0.2, 0.25) is 0 Å². The molecule has 7 rings (SSSR count). The van der Waals surface area contributed by atoms with Crippen LogP contribution in [0.4, 0.5) is 0 Å². The predicted octanol–water partition coefficient (Wildman–Crippen LogP) is 7.15. The Morgan fingerprint density at radius 2 is 1.75 bits per heavy atom. The lowest BCUT2D eigenvalue weighted by atomic mass is 10.00. The van der Waals surface area contributed by atoms with Gasteiger partial charge in [-0.05, 0) is 85.1 Å². The molecule has 2 aromatic carbocycles. The molecule has 0 aliphatic heterocycles. The predicted molar refractivity (Wildman–Crippen MR) is 142 cm³/mol. The van der Waals surface area contributed by atoms with E-state index in [4.69, 9.17) is 9.72 Å². The van der Waals surface area contributed by atoms with Crippen molar-refractivity contribution in [2.45, 2.75) is 57.4 Å². The van der Waals surface area contributed by atoms with E-state index in [2.05, 4.69) is 65.4 Å². The average molecular weight is 477 g/mol. The first-order chi connectivity index (χ1) is 17.7. The maximum atomic E-state index is 13.1. The van der Waals surface area contributed by atoms with Gasteiger partial charge in [0.25, 0.3) is 0 Å². The van der Waals surface area contributed by atoms with E-state index in [1.165, 1.54) is 71.7 Å². The number of rotatable bonds is 9. The van der Waals surface area contributed by atoms with E-state index < -0.39 is 0 Å². The van der Waals surface area contributed by atoms with Crippen LogP contribution in [0.25, 0.3) is 22.0 Å². The number of benzene rings is 2. The van der Waals surface area contributed by atoms with E-state index in [1.54, 1.807) is 0 Å². The lowest BCUT2D eigenvalue weighted by Gasteiger charge is -2.12. The fourth-order valence-corrected chi connectivity index (χ4v) is 5.24. The van der Waals surface area contributed by atoms with Crippen molar-refractivity contribution in [3.63, 3.8) is 0 Å². The summed E-state index contributed by atoms with van der Waals surface area (Å²) in [6.45, 7) is 1.61. The molecule has 4 nitrogen and oxygen atoms in total. The van der Waals surface area contributed by atoms with Crippen LogP contribution < -0.4 is 0 Å². The van der Waals surface area contributed by atoms with Crippen molar-refractivity contribution in [2.75, 3.05) is 6.61 Å². The molecule has 0 spiro atoms. The van der Waals surface area contributed by atoms with E-state index in [1.807, 2.05) is 6.20 Å². The third kappa shape index (κ3) is 4.57. The van der Waals surface area contributed by atoms with Gasteiger partial charge in [0.05, 0.1) is 17.9 Å². The average Bonchev–Trinajstić information content (AvgIpc) is 3.76. The first-order valence-corrected chi connectivity index (χ1v) is 13.5. The van der Waals surface area contributed by atoms with Crippen LogP contribution in [-0.4, -0.2) is 22.1 Å².